The lowest BCUT2D eigenvalue weighted by atomic mass is 10.2. The number of anilines is 1. The molecule has 27 heavy (non-hydrogen) atoms. The van der Waals surface area contributed by atoms with E-state index in [4.69, 9.17) is 9.16 Å². The molecule has 1 amide bonds. The number of hydrogen-bond acceptors (Lipinski definition) is 6. The van der Waals surface area contributed by atoms with E-state index >= 15 is 0 Å². The average molecular weight is 393 g/mol. The van der Waals surface area contributed by atoms with Gasteiger partial charge in [-0.05, 0) is 53.3 Å². The molecule has 1 aliphatic heterocycles. The molecule has 3 rings (SSSR count). The van der Waals surface area contributed by atoms with Gasteiger partial charge in [0.2, 0.25) is 5.95 Å². The Morgan fingerprint density at radius 3 is 2.07 bits per heavy atom. The van der Waals surface area contributed by atoms with E-state index in [0.29, 0.717) is 32.1 Å². The van der Waals surface area contributed by atoms with Crippen LogP contribution in [0.1, 0.15) is 39.2 Å². The van der Waals surface area contributed by atoms with Crippen LogP contribution in [0.25, 0.3) is 0 Å². The minimum Gasteiger partial charge on any atom is -0.444 e. The van der Waals surface area contributed by atoms with Crippen LogP contribution in [0.4, 0.5) is 10.7 Å². The fourth-order valence-electron chi connectivity index (χ4n) is 3.28. The molecule has 8 heteroatoms. The van der Waals surface area contributed by atoms with Crippen LogP contribution in [-0.2, 0) is 14.8 Å². The fourth-order valence-corrected chi connectivity index (χ4v) is 4.78. The van der Waals surface area contributed by atoms with Crippen LogP contribution in [0.5, 0.6) is 0 Å². The van der Waals surface area contributed by atoms with Gasteiger partial charge in [0.15, 0.2) is 8.32 Å². The summed E-state index contributed by atoms with van der Waals surface area (Å²) in [6.45, 7) is 14.9. The van der Waals surface area contributed by atoms with Gasteiger partial charge in [-0.15, -0.1) is 0 Å². The van der Waals surface area contributed by atoms with Gasteiger partial charge in [-0.1, -0.05) is 0 Å². The molecule has 150 valence electrons. The van der Waals surface area contributed by atoms with Gasteiger partial charge in [0.1, 0.15) is 5.60 Å². The molecule has 0 unspecified atom stereocenters. The van der Waals surface area contributed by atoms with Crippen LogP contribution in [0.3, 0.4) is 0 Å². The third-order valence-corrected chi connectivity index (χ3v) is 5.59. The summed E-state index contributed by atoms with van der Waals surface area (Å²) >= 11 is 0. The van der Waals surface area contributed by atoms with Gasteiger partial charge in [-0.3, -0.25) is 0 Å². The summed E-state index contributed by atoms with van der Waals surface area (Å²) in [6, 6.07) is 0. The normalized spacial score (nSPS) is 19.8. The zero-order valence-electron chi connectivity index (χ0n) is 17.4. The number of piperazine rings is 1. The van der Waals surface area contributed by atoms with E-state index in [2.05, 4.69) is 34.5 Å². The lowest BCUT2D eigenvalue weighted by Crippen LogP contribution is -2.50. The van der Waals surface area contributed by atoms with Crippen molar-refractivity contribution in [3.8, 4) is 0 Å². The van der Waals surface area contributed by atoms with Crippen molar-refractivity contribution in [1.29, 1.82) is 0 Å². The van der Waals surface area contributed by atoms with Crippen molar-refractivity contribution in [1.82, 2.24) is 14.9 Å². The SMILES string of the molecule is CC(C)(C)OC(=O)N1CCN(c2ncc(C3(O[Si](C)(C)C)CC3)cn2)CC1. The monoisotopic (exact) mass is 392 g/mol. The molecule has 2 heterocycles. The molecule has 1 saturated heterocycles. The highest BCUT2D eigenvalue weighted by atomic mass is 28.4. The maximum Gasteiger partial charge on any atom is 0.410 e. The number of nitrogens with zero attached hydrogens (tertiary/aromatic N) is 4. The van der Waals surface area contributed by atoms with E-state index in [0.717, 1.165) is 18.4 Å². The first-order valence-electron chi connectivity index (χ1n) is 9.73. The van der Waals surface area contributed by atoms with E-state index in [1.54, 1.807) is 4.90 Å². The van der Waals surface area contributed by atoms with Crippen LogP contribution >= 0.6 is 0 Å². The van der Waals surface area contributed by atoms with Crippen molar-refractivity contribution < 1.29 is 14.0 Å². The van der Waals surface area contributed by atoms with Gasteiger partial charge in [0, 0.05) is 44.1 Å². The predicted molar refractivity (Wildman–Crippen MR) is 107 cm³/mol. The molecule has 1 aromatic heterocycles. The van der Waals surface area contributed by atoms with E-state index in [9.17, 15) is 4.79 Å². The van der Waals surface area contributed by atoms with E-state index in [1.165, 1.54) is 0 Å². The molecule has 2 fully saturated rings. The third-order valence-electron chi connectivity index (χ3n) is 4.58. The standard InChI is InChI=1S/C19H32N4O3Si/c1-18(2,3)25-17(24)23-11-9-22(10-12-23)16-20-13-15(14-21-16)19(7-8-19)26-27(4,5)6/h13-14H,7-12H2,1-6H3. The molecule has 7 nitrogen and oxygen atoms in total. The van der Waals surface area contributed by atoms with E-state index < -0.39 is 13.9 Å². The lowest BCUT2D eigenvalue weighted by Gasteiger charge is -2.35. The Bertz CT molecular complexity index is 670. The first-order valence-corrected chi connectivity index (χ1v) is 13.1. The second kappa shape index (κ2) is 7.05. The Labute approximate surface area is 163 Å². The molecular formula is C19H32N4O3Si. The summed E-state index contributed by atoms with van der Waals surface area (Å²) in [4.78, 5) is 25.2. The number of aromatic nitrogens is 2. The molecule has 0 radical (unpaired) electrons. The molecule has 0 aromatic carbocycles. The Balaban J connectivity index is 1.57. The second-order valence-electron chi connectivity index (χ2n) is 9.43. The number of carbonyl (C=O) groups is 1. The highest BCUT2D eigenvalue weighted by Crippen LogP contribution is 2.50. The summed E-state index contributed by atoms with van der Waals surface area (Å²) in [6.07, 6.45) is 5.67. The molecular weight excluding hydrogens is 360 g/mol. The van der Waals surface area contributed by atoms with Gasteiger partial charge in [0.25, 0.3) is 0 Å². The van der Waals surface area contributed by atoms with Gasteiger partial charge in [0.05, 0.1) is 5.60 Å². The molecule has 0 N–H and O–H groups in total. The Hall–Kier alpha value is -1.67. The minimum atomic E-state index is -1.61. The summed E-state index contributed by atoms with van der Waals surface area (Å²) in [5, 5.41) is 0. The van der Waals surface area contributed by atoms with Crippen molar-refractivity contribution in [3.63, 3.8) is 0 Å². The summed E-state index contributed by atoms with van der Waals surface area (Å²) in [5.74, 6) is 0.714. The molecule has 2 aliphatic rings. The quantitative estimate of drug-likeness (QED) is 0.732. The second-order valence-corrected chi connectivity index (χ2v) is 13.9. The van der Waals surface area contributed by atoms with E-state index in [1.807, 2.05) is 33.2 Å². The van der Waals surface area contributed by atoms with Gasteiger partial charge in [-0.2, -0.15) is 0 Å². The largest absolute Gasteiger partial charge is 0.444 e. The number of carbonyl (C=O) groups excluding carboxylic acids is 1. The first-order chi connectivity index (χ1) is 12.5. The predicted octanol–water partition coefficient (Wildman–Crippen LogP) is 3.37. The average Bonchev–Trinajstić information content (AvgIpc) is 3.32. The highest BCUT2D eigenvalue weighted by molar-refractivity contribution is 6.69. The van der Waals surface area contributed by atoms with Crippen LogP contribution in [0.15, 0.2) is 12.4 Å². The van der Waals surface area contributed by atoms with Crippen LogP contribution in [0.2, 0.25) is 19.6 Å². The van der Waals surface area contributed by atoms with Crippen molar-refractivity contribution in [3.05, 3.63) is 18.0 Å². The summed E-state index contributed by atoms with van der Waals surface area (Å²) < 4.78 is 11.8. The maximum absolute atomic E-state index is 12.2. The van der Waals surface area contributed by atoms with Gasteiger partial charge >= 0.3 is 6.09 Å². The van der Waals surface area contributed by atoms with Crippen molar-refractivity contribution >= 4 is 20.4 Å². The molecule has 1 aliphatic carbocycles. The number of rotatable bonds is 4. The lowest BCUT2D eigenvalue weighted by molar-refractivity contribution is 0.0240. The van der Waals surface area contributed by atoms with E-state index in [-0.39, 0.29) is 11.7 Å². The summed E-state index contributed by atoms with van der Waals surface area (Å²) in [7, 11) is -1.61. The zero-order valence-corrected chi connectivity index (χ0v) is 18.4. The third kappa shape index (κ3) is 5.19. The molecule has 0 spiro atoms. The summed E-state index contributed by atoms with van der Waals surface area (Å²) in [5.41, 5.74) is 0.462. The number of ether oxygens (including phenoxy) is 1. The van der Waals surface area contributed by atoms with Crippen LogP contribution in [0, 0.1) is 0 Å². The molecule has 1 saturated carbocycles. The fraction of sp³-hybridized carbons (Fsp3) is 0.737. The zero-order chi connectivity index (χ0) is 19.9. The van der Waals surface area contributed by atoms with Gasteiger partial charge in [-0.25, -0.2) is 14.8 Å². The Morgan fingerprint density at radius 2 is 1.63 bits per heavy atom. The Morgan fingerprint density at radius 1 is 1.07 bits per heavy atom. The molecule has 0 bridgehead atoms. The van der Waals surface area contributed by atoms with Gasteiger partial charge < -0.3 is 19.0 Å². The highest BCUT2D eigenvalue weighted by Gasteiger charge is 2.48. The molecule has 0 atom stereocenters. The van der Waals surface area contributed by atoms with Crippen molar-refractivity contribution in [2.75, 3.05) is 31.1 Å². The van der Waals surface area contributed by atoms with Crippen molar-refractivity contribution in [2.45, 2.75) is 64.5 Å². The van der Waals surface area contributed by atoms with Crippen molar-refractivity contribution in [2.24, 2.45) is 0 Å². The maximum atomic E-state index is 12.2. The minimum absolute atomic E-state index is 0.154. The number of amides is 1. The number of hydrogen-bond donors (Lipinski definition) is 0. The molecule has 1 aromatic rings. The first kappa shape index (κ1) is 20.1. The Kier molecular flexibility index (Phi) is 5.24. The smallest absolute Gasteiger partial charge is 0.410 e. The van der Waals surface area contributed by atoms with Crippen LogP contribution in [-0.4, -0.2) is 61.1 Å². The topological polar surface area (TPSA) is 67.8 Å². The van der Waals surface area contributed by atoms with Crippen LogP contribution < -0.4 is 4.90 Å².